The molecule has 3 aromatic rings. The van der Waals surface area contributed by atoms with Crippen LogP contribution in [0.15, 0.2) is 30.3 Å². The van der Waals surface area contributed by atoms with Crippen molar-refractivity contribution in [2.24, 2.45) is 0 Å². The first-order chi connectivity index (χ1) is 22.3. The predicted molar refractivity (Wildman–Crippen MR) is 166 cm³/mol. The van der Waals surface area contributed by atoms with E-state index in [9.17, 15) is 4.79 Å². The number of rotatable bonds is 8. The Balaban J connectivity index is 1.46. The van der Waals surface area contributed by atoms with Gasteiger partial charge in [0.15, 0.2) is 28.8 Å². The fraction of sp³-hybridized carbons (Fsp3) is 0.429. The van der Waals surface area contributed by atoms with E-state index in [-0.39, 0.29) is 25.1 Å². The molecule has 4 aliphatic rings. The fourth-order valence-corrected chi connectivity index (χ4v) is 7.99. The standard InChI is InChI=1S/C35H38N2O9/c1-17-29(40-4)20-13-21-35(39)37-22(15-44-14-19-11-9-8-10-12-19)24-25(30(41-5)18(2)32-34(24)46-16-45-32)28(38)27(37)26(36(21)3)23(20)33(43-7)31(17)42-6/h8-12,21-22,26-27H,13-16H2,1-7H3/t21?,22-,26-,27+/m0/s1. The number of ketones is 1. The van der Waals surface area contributed by atoms with Crippen molar-refractivity contribution in [2.75, 3.05) is 48.9 Å². The molecule has 0 N–H and O–H groups in total. The highest BCUT2D eigenvalue weighted by atomic mass is 16.7. The van der Waals surface area contributed by atoms with Crippen molar-refractivity contribution >= 4 is 11.7 Å². The summed E-state index contributed by atoms with van der Waals surface area (Å²) in [7, 11) is 8.21. The first kappa shape index (κ1) is 30.2. The van der Waals surface area contributed by atoms with Gasteiger partial charge in [0.2, 0.25) is 12.7 Å². The van der Waals surface area contributed by atoms with Gasteiger partial charge >= 0.3 is 0 Å². The summed E-state index contributed by atoms with van der Waals surface area (Å²) in [4.78, 5) is 33.5. The fourth-order valence-electron chi connectivity index (χ4n) is 7.99. The molecule has 1 unspecified atom stereocenters. The molecule has 4 aliphatic heterocycles. The van der Waals surface area contributed by atoms with Gasteiger partial charge in [-0.25, -0.2) is 0 Å². The van der Waals surface area contributed by atoms with Crippen molar-refractivity contribution < 1.29 is 42.7 Å². The second-order valence-electron chi connectivity index (χ2n) is 12.0. The summed E-state index contributed by atoms with van der Waals surface area (Å²) in [5.41, 5.74) is 4.94. The smallest absolute Gasteiger partial charge is 0.241 e. The first-order valence-corrected chi connectivity index (χ1v) is 15.3. The second-order valence-corrected chi connectivity index (χ2v) is 12.0. The summed E-state index contributed by atoms with van der Waals surface area (Å²) >= 11 is 0. The highest BCUT2D eigenvalue weighted by molar-refractivity contribution is 6.10. The van der Waals surface area contributed by atoms with Crippen LogP contribution in [0.5, 0.6) is 34.5 Å². The number of methoxy groups -OCH3 is 4. The average molecular weight is 631 g/mol. The van der Waals surface area contributed by atoms with Gasteiger partial charge in [-0.2, -0.15) is 0 Å². The van der Waals surface area contributed by atoms with E-state index in [1.54, 1.807) is 26.2 Å². The van der Waals surface area contributed by atoms with Crippen molar-refractivity contribution in [3.05, 3.63) is 69.3 Å². The number of Topliss-reactive ketones (excluding diaryl/α,β-unsaturated/α-hetero) is 1. The highest BCUT2D eigenvalue weighted by Gasteiger charge is 2.60. The van der Waals surface area contributed by atoms with Crippen molar-refractivity contribution in [3.8, 4) is 34.5 Å². The largest absolute Gasteiger partial charge is 0.496 e. The summed E-state index contributed by atoms with van der Waals surface area (Å²) in [5, 5.41) is 0. The number of fused-ring (bicyclic) bond motifs is 9. The molecule has 0 radical (unpaired) electrons. The lowest BCUT2D eigenvalue weighted by atomic mass is 9.72. The van der Waals surface area contributed by atoms with E-state index in [2.05, 4.69) is 0 Å². The Morgan fingerprint density at radius 1 is 0.804 bits per heavy atom. The van der Waals surface area contributed by atoms with Crippen LogP contribution in [0.25, 0.3) is 0 Å². The van der Waals surface area contributed by atoms with Crippen molar-refractivity contribution in [1.82, 2.24) is 9.80 Å². The molecule has 4 atom stereocenters. The summed E-state index contributed by atoms with van der Waals surface area (Å²) in [6, 6.07) is 7.07. The van der Waals surface area contributed by atoms with Crippen LogP contribution in [0.1, 0.15) is 55.8 Å². The lowest BCUT2D eigenvalue weighted by Crippen LogP contribution is -2.68. The maximum Gasteiger partial charge on any atom is 0.241 e. The molecule has 7 rings (SSSR count). The van der Waals surface area contributed by atoms with Gasteiger partial charge in [0.05, 0.1) is 65.3 Å². The van der Waals surface area contributed by atoms with Gasteiger partial charge < -0.3 is 38.1 Å². The zero-order chi connectivity index (χ0) is 32.4. The number of nitrogens with zero attached hydrogens (tertiary/aromatic N) is 2. The predicted octanol–water partition coefficient (Wildman–Crippen LogP) is 4.33. The van der Waals surface area contributed by atoms with Gasteiger partial charge in [-0.05, 0) is 26.5 Å². The lowest BCUT2D eigenvalue weighted by molar-refractivity contribution is -0.156. The normalized spacial score (nSPS) is 22.6. The average Bonchev–Trinajstić information content (AvgIpc) is 3.55. The minimum Gasteiger partial charge on any atom is -0.496 e. The van der Waals surface area contributed by atoms with E-state index in [4.69, 9.17) is 33.2 Å². The van der Waals surface area contributed by atoms with Gasteiger partial charge in [-0.15, -0.1) is 0 Å². The van der Waals surface area contributed by atoms with Crippen LogP contribution in [-0.4, -0.2) is 82.5 Å². The number of carbonyl (C=O) groups is 2. The Bertz CT molecular complexity index is 1740. The summed E-state index contributed by atoms with van der Waals surface area (Å²) in [6.45, 7) is 4.19. The van der Waals surface area contributed by atoms with Crippen LogP contribution in [0.4, 0.5) is 0 Å². The van der Waals surface area contributed by atoms with E-state index in [0.29, 0.717) is 64.2 Å². The van der Waals surface area contributed by atoms with E-state index in [0.717, 1.165) is 22.3 Å². The number of amides is 1. The van der Waals surface area contributed by atoms with Crippen LogP contribution < -0.4 is 28.4 Å². The molecule has 242 valence electrons. The third-order valence-electron chi connectivity index (χ3n) is 9.92. The topological polar surface area (TPSA) is 105 Å². The third kappa shape index (κ3) is 4.10. The minimum absolute atomic E-state index is 0.00353. The van der Waals surface area contributed by atoms with E-state index < -0.39 is 24.2 Å². The van der Waals surface area contributed by atoms with E-state index >= 15 is 4.79 Å². The van der Waals surface area contributed by atoms with Crippen LogP contribution >= 0.6 is 0 Å². The van der Waals surface area contributed by atoms with Crippen LogP contribution in [0, 0.1) is 13.8 Å². The van der Waals surface area contributed by atoms with Gasteiger partial charge in [-0.1, -0.05) is 30.3 Å². The lowest BCUT2D eigenvalue weighted by Gasteiger charge is -2.56. The number of hydrogen-bond donors (Lipinski definition) is 0. The molecular weight excluding hydrogens is 592 g/mol. The number of likely N-dealkylation sites (N-methyl/N-ethyl adjacent to an activating group) is 1. The Morgan fingerprint density at radius 2 is 1.48 bits per heavy atom. The molecule has 4 heterocycles. The quantitative estimate of drug-likeness (QED) is 0.357. The molecule has 11 nitrogen and oxygen atoms in total. The van der Waals surface area contributed by atoms with E-state index in [1.165, 1.54) is 7.11 Å². The number of ether oxygens (including phenoxy) is 7. The van der Waals surface area contributed by atoms with Gasteiger partial charge in [-0.3, -0.25) is 14.5 Å². The van der Waals surface area contributed by atoms with Crippen molar-refractivity contribution in [3.63, 3.8) is 0 Å². The number of hydrogen-bond acceptors (Lipinski definition) is 10. The number of piperazine rings is 1. The Labute approximate surface area is 267 Å². The van der Waals surface area contributed by atoms with Gasteiger partial charge in [0, 0.05) is 34.2 Å². The Morgan fingerprint density at radius 3 is 2.15 bits per heavy atom. The maximum absolute atomic E-state index is 15.1. The molecule has 2 bridgehead atoms. The van der Waals surface area contributed by atoms with Gasteiger partial charge in [0.1, 0.15) is 17.5 Å². The molecule has 0 saturated carbocycles. The van der Waals surface area contributed by atoms with Crippen molar-refractivity contribution in [2.45, 2.75) is 51.0 Å². The minimum atomic E-state index is -0.940. The van der Waals surface area contributed by atoms with Crippen LogP contribution in [-0.2, 0) is 22.6 Å². The summed E-state index contributed by atoms with van der Waals surface area (Å²) < 4.78 is 42.0. The molecule has 0 aromatic heterocycles. The summed E-state index contributed by atoms with van der Waals surface area (Å²) in [5.74, 6) is 2.58. The molecule has 1 fully saturated rings. The molecule has 1 saturated heterocycles. The zero-order valence-corrected chi connectivity index (χ0v) is 27.1. The highest BCUT2D eigenvalue weighted by Crippen LogP contribution is 2.59. The molecule has 3 aromatic carbocycles. The molecular formula is C35H38N2O9. The zero-order valence-electron chi connectivity index (χ0n) is 27.1. The molecule has 11 heteroatoms. The van der Waals surface area contributed by atoms with Crippen LogP contribution in [0.2, 0.25) is 0 Å². The maximum atomic E-state index is 15.1. The van der Waals surface area contributed by atoms with Crippen LogP contribution in [0.3, 0.4) is 0 Å². The van der Waals surface area contributed by atoms with E-state index in [1.807, 2.05) is 56.1 Å². The molecule has 1 amide bonds. The monoisotopic (exact) mass is 630 g/mol. The Hall–Kier alpha value is -4.48. The van der Waals surface area contributed by atoms with Crippen molar-refractivity contribution in [1.29, 1.82) is 0 Å². The second kappa shape index (κ2) is 11.4. The Kier molecular flexibility index (Phi) is 7.48. The van der Waals surface area contributed by atoms with Gasteiger partial charge in [0.25, 0.3) is 0 Å². The first-order valence-electron chi connectivity index (χ1n) is 15.3. The molecule has 0 aliphatic carbocycles. The third-order valence-corrected chi connectivity index (χ3v) is 9.92. The molecule has 0 spiro atoms. The number of benzene rings is 3. The summed E-state index contributed by atoms with van der Waals surface area (Å²) in [6.07, 6.45) is 0.363. The molecule has 46 heavy (non-hydrogen) atoms. The number of carbonyl (C=O) groups excluding carboxylic acids is 2. The SMILES string of the molecule is COc1c(C)c(OC)c(OC)c2c1CC1C(=O)N3[C@@H](COCc4ccccc4)c4c5c(c(C)c(OC)c4C(=O)[C@H]3[C@H]2N1C)OCO5.